The maximum Gasteiger partial charge on any atom is 0.243 e. The smallest absolute Gasteiger partial charge is 0.243 e. The first-order valence-electron chi connectivity index (χ1n) is 8.65. The molecule has 1 atom stereocenters. The van der Waals surface area contributed by atoms with Crippen molar-refractivity contribution >= 4 is 21.1 Å². The van der Waals surface area contributed by atoms with Crippen LogP contribution < -0.4 is 0 Å². The number of nitrogens with one attached hydrogen (secondary N) is 1. The maximum absolute atomic E-state index is 13.1. The lowest BCUT2D eigenvalue weighted by Crippen LogP contribution is -2.39. The molecule has 9 heteroatoms. The summed E-state index contributed by atoms with van der Waals surface area (Å²) in [6.45, 7) is 1.40. The minimum Gasteiger partial charge on any atom is -0.394 e. The summed E-state index contributed by atoms with van der Waals surface area (Å²) in [5.41, 5.74) is 2.33. The van der Waals surface area contributed by atoms with E-state index in [2.05, 4.69) is 15.1 Å². The van der Waals surface area contributed by atoms with E-state index in [-0.39, 0.29) is 17.4 Å². The molecule has 2 N–H and O–H groups in total. The van der Waals surface area contributed by atoms with Crippen molar-refractivity contribution in [3.8, 4) is 0 Å². The number of sulfonamides is 1. The van der Waals surface area contributed by atoms with E-state index in [1.165, 1.54) is 0 Å². The molecular weight excluding hydrogens is 354 g/mol. The standard InChI is InChI=1S/C17H21N5O3S/c23-9-8-21-7-5-15(20-21)13-2-1-6-22(11-13)26(24,25)14-3-4-16-17(10-14)19-12-18-16/h3-5,7,10,12-13,23H,1-2,6,8-9,11H2,(H,18,19)/t13-/m1/s1. The Labute approximate surface area is 151 Å². The largest absolute Gasteiger partial charge is 0.394 e. The highest BCUT2D eigenvalue weighted by Crippen LogP contribution is 2.30. The number of aliphatic hydroxyl groups is 1. The van der Waals surface area contributed by atoms with E-state index in [1.54, 1.807) is 33.5 Å². The molecule has 0 spiro atoms. The monoisotopic (exact) mass is 375 g/mol. The highest BCUT2D eigenvalue weighted by molar-refractivity contribution is 7.89. The predicted molar refractivity (Wildman–Crippen MR) is 96.1 cm³/mol. The molecule has 1 aliphatic heterocycles. The number of aromatic nitrogens is 4. The zero-order valence-corrected chi connectivity index (χ0v) is 15.1. The van der Waals surface area contributed by atoms with Crippen LogP contribution in [-0.4, -0.2) is 57.3 Å². The van der Waals surface area contributed by atoms with E-state index < -0.39 is 10.0 Å². The van der Waals surface area contributed by atoms with Gasteiger partial charge in [0.1, 0.15) is 0 Å². The van der Waals surface area contributed by atoms with Crippen LogP contribution in [0.3, 0.4) is 0 Å². The minimum atomic E-state index is -3.56. The van der Waals surface area contributed by atoms with Gasteiger partial charge < -0.3 is 10.1 Å². The summed E-state index contributed by atoms with van der Waals surface area (Å²) in [6, 6.07) is 6.87. The maximum atomic E-state index is 13.1. The summed E-state index contributed by atoms with van der Waals surface area (Å²) in [7, 11) is -3.56. The lowest BCUT2D eigenvalue weighted by molar-refractivity contribution is 0.267. The van der Waals surface area contributed by atoms with Gasteiger partial charge in [0.25, 0.3) is 0 Å². The molecule has 2 aromatic heterocycles. The molecule has 0 radical (unpaired) electrons. The SMILES string of the molecule is O=S(=O)(c1ccc2nc[nH]c2c1)N1CCC[C@@H](c2ccn(CCO)n2)C1. The molecule has 8 nitrogen and oxygen atoms in total. The van der Waals surface area contributed by atoms with Crippen molar-refractivity contribution in [1.29, 1.82) is 0 Å². The molecule has 3 heterocycles. The van der Waals surface area contributed by atoms with Crippen molar-refractivity contribution in [2.24, 2.45) is 0 Å². The molecule has 0 saturated carbocycles. The first-order chi connectivity index (χ1) is 12.6. The Balaban J connectivity index is 1.57. The van der Waals surface area contributed by atoms with Gasteiger partial charge >= 0.3 is 0 Å². The second-order valence-corrected chi connectivity index (χ2v) is 8.45. The van der Waals surface area contributed by atoms with Crippen molar-refractivity contribution in [1.82, 2.24) is 24.1 Å². The summed E-state index contributed by atoms with van der Waals surface area (Å²) >= 11 is 0. The number of fused-ring (bicyclic) bond motifs is 1. The van der Waals surface area contributed by atoms with Crippen LogP contribution in [0.15, 0.2) is 41.7 Å². The number of benzene rings is 1. The van der Waals surface area contributed by atoms with Gasteiger partial charge in [-0.3, -0.25) is 4.68 Å². The van der Waals surface area contributed by atoms with E-state index in [0.717, 1.165) is 24.1 Å². The van der Waals surface area contributed by atoms with Crippen LogP contribution in [0.4, 0.5) is 0 Å². The van der Waals surface area contributed by atoms with E-state index in [9.17, 15) is 8.42 Å². The second kappa shape index (κ2) is 6.82. The van der Waals surface area contributed by atoms with Gasteiger partial charge in [0, 0.05) is 25.2 Å². The molecule has 0 unspecified atom stereocenters. The van der Waals surface area contributed by atoms with Gasteiger partial charge in [-0.2, -0.15) is 9.40 Å². The van der Waals surface area contributed by atoms with Crippen molar-refractivity contribution in [2.75, 3.05) is 19.7 Å². The van der Waals surface area contributed by atoms with E-state index in [4.69, 9.17) is 5.11 Å². The van der Waals surface area contributed by atoms with E-state index in [1.807, 2.05) is 12.3 Å². The summed E-state index contributed by atoms with van der Waals surface area (Å²) in [5.74, 6) is 0.0642. The summed E-state index contributed by atoms with van der Waals surface area (Å²) in [4.78, 5) is 7.37. The van der Waals surface area contributed by atoms with Crippen LogP contribution in [0, 0.1) is 0 Å². The fourth-order valence-electron chi connectivity index (χ4n) is 3.45. The first-order valence-corrected chi connectivity index (χ1v) is 10.1. The Morgan fingerprint density at radius 1 is 1.31 bits per heavy atom. The predicted octanol–water partition coefficient (Wildman–Crippen LogP) is 1.32. The highest BCUT2D eigenvalue weighted by atomic mass is 32.2. The van der Waals surface area contributed by atoms with Crippen LogP contribution in [0.1, 0.15) is 24.5 Å². The number of aliphatic hydroxyl groups excluding tert-OH is 1. The molecule has 1 aliphatic rings. The molecule has 1 aromatic carbocycles. The Bertz CT molecular complexity index is 1010. The molecule has 1 saturated heterocycles. The Kier molecular flexibility index (Phi) is 4.51. The molecular formula is C17H21N5O3S. The molecule has 0 amide bonds. The lowest BCUT2D eigenvalue weighted by Gasteiger charge is -2.31. The Hall–Kier alpha value is -2.23. The van der Waals surface area contributed by atoms with Gasteiger partial charge in [-0.15, -0.1) is 0 Å². The second-order valence-electron chi connectivity index (χ2n) is 6.51. The van der Waals surface area contributed by atoms with Crippen molar-refractivity contribution in [3.05, 3.63) is 42.5 Å². The lowest BCUT2D eigenvalue weighted by atomic mass is 9.96. The number of H-pyrrole nitrogens is 1. The molecule has 0 aliphatic carbocycles. The number of imidazole rings is 1. The Morgan fingerprint density at radius 2 is 2.19 bits per heavy atom. The molecule has 26 heavy (non-hydrogen) atoms. The third-order valence-corrected chi connectivity index (χ3v) is 6.68. The third kappa shape index (κ3) is 3.13. The van der Waals surface area contributed by atoms with E-state index in [0.29, 0.717) is 25.2 Å². The fraction of sp³-hybridized carbons (Fsp3) is 0.412. The number of hydrogen-bond donors (Lipinski definition) is 2. The molecule has 138 valence electrons. The third-order valence-electron chi connectivity index (χ3n) is 4.82. The first kappa shape index (κ1) is 17.2. The minimum absolute atomic E-state index is 0.0301. The number of hydrogen-bond acceptors (Lipinski definition) is 5. The van der Waals surface area contributed by atoms with Crippen LogP contribution in [0.25, 0.3) is 11.0 Å². The summed E-state index contributed by atoms with van der Waals surface area (Å²) in [5, 5.41) is 13.5. The summed E-state index contributed by atoms with van der Waals surface area (Å²) in [6.07, 6.45) is 5.08. The zero-order chi connectivity index (χ0) is 18.1. The fourth-order valence-corrected chi connectivity index (χ4v) is 5.00. The van der Waals surface area contributed by atoms with E-state index >= 15 is 0 Å². The van der Waals surface area contributed by atoms with Crippen molar-refractivity contribution in [3.63, 3.8) is 0 Å². The average Bonchev–Trinajstić information content (AvgIpc) is 3.30. The Morgan fingerprint density at radius 3 is 3.04 bits per heavy atom. The molecule has 3 aromatic rings. The van der Waals surface area contributed by atoms with Gasteiger partial charge in [0.2, 0.25) is 10.0 Å². The molecule has 0 bridgehead atoms. The van der Waals surface area contributed by atoms with Crippen molar-refractivity contribution in [2.45, 2.75) is 30.2 Å². The van der Waals surface area contributed by atoms with Gasteiger partial charge in [0.05, 0.1) is 41.1 Å². The quantitative estimate of drug-likeness (QED) is 0.700. The highest BCUT2D eigenvalue weighted by Gasteiger charge is 2.32. The van der Waals surface area contributed by atoms with Crippen molar-refractivity contribution < 1.29 is 13.5 Å². The average molecular weight is 375 g/mol. The molecule has 1 fully saturated rings. The number of nitrogens with zero attached hydrogens (tertiary/aromatic N) is 4. The van der Waals surface area contributed by atoms with Gasteiger partial charge in [-0.05, 0) is 37.1 Å². The van der Waals surface area contributed by atoms with Gasteiger partial charge in [-0.1, -0.05) is 0 Å². The van der Waals surface area contributed by atoms with Crippen LogP contribution in [-0.2, 0) is 16.6 Å². The summed E-state index contributed by atoms with van der Waals surface area (Å²) < 4.78 is 29.4. The normalized spacial score (nSPS) is 19.2. The van der Waals surface area contributed by atoms with Gasteiger partial charge in [0.15, 0.2) is 0 Å². The number of aromatic amines is 1. The number of rotatable bonds is 5. The number of piperidine rings is 1. The van der Waals surface area contributed by atoms with Gasteiger partial charge in [-0.25, -0.2) is 13.4 Å². The topological polar surface area (TPSA) is 104 Å². The van der Waals surface area contributed by atoms with Crippen LogP contribution in [0.5, 0.6) is 0 Å². The van der Waals surface area contributed by atoms with Crippen LogP contribution in [0.2, 0.25) is 0 Å². The molecule has 4 rings (SSSR count). The zero-order valence-electron chi connectivity index (χ0n) is 14.2. The van der Waals surface area contributed by atoms with Crippen LogP contribution >= 0.6 is 0 Å².